The van der Waals surface area contributed by atoms with Gasteiger partial charge in [0.15, 0.2) is 10.7 Å². The maximum Gasteiger partial charge on any atom is 0.267 e. The highest BCUT2D eigenvalue weighted by Crippen LogP contribution is 2.36. The van der Waals surface area contributed by atoms with Crippen LogP contribution < -0.4 is 14.4 Å². The molecule has 0 bridgehead atoms. The molecule has 11 nitrogen and oxygen atoms in total. The van der Waals surface area contributed by atoms with Crippen LogP contribution in [0.4, 0.5) is 24.7 Å². The Morgan fingerprint density at radius 2 is 1.73 bits per heavy atom. The quantitative estimate of drug-likeness (QED) is 0.290. The highest BCUT2D eigenvalue weighted by atomic mass is 32.2. The number of rotatable bonds is 8. The van der Waals surface area contributed by atoms with Gasteiger partial charge in [-0.3, -0.25) is 14.3 Å². The first-order chi connectivity index (χ1) is 21.4. The summed E-state index contributed by atoms with van der Waals surface area (Å²) in [4.78, 5) is 37.9. The SMILES string of the molecule is [2H]c1nc(N2CCN(C(=O)/C=C/C(C)=O)CC2)c2c(F)c(-c3cnc(OC)c(NS(=O)(=O)c4c(F)cccc4F)c3)ccc2n1. The maximum absolute atomic E-state index is 16.3. The number of carbonyl (C=O) groups excluding carboxylic acids is 2. The highest BCUT2D eigenvalue weighted by molar-refractivity contribution is 7.92. The summed E-state index contributed by atoms with van der Waals surface area (Å²) in [5.41, 5.74) is -0.141. The van der Waals surface area contributed by atoms with Crippen LogP contribution in [-0.2, 0) is 19.6 Å². The molecule has 1 fully saturated rings. The average Bonchev–Trinajstić information content (AvgIpc) is 2.99. The van der Waals surface area contributed by atoms with Crippen LogP contribution >= 0.6 is 0 Å². The van der Waals surface area contributed by atoms with Gasteiger partial charge in [0.1, 0.15) is 36.6 Å². The van der Waals surface area contributed by atoms with Gasteiger partial charge in [0.2, 0.25) is 11.8 Å². The van der Waals surface area contributed by atoms with Gasteiger partial charge >= 0.3 is 0 Å². The molecule has 1 aliphatic heterocycles. The molecule has 228 valence electrons. The molecule has 0 unspecified atom stereocenters. The van der Waals surface area contributed by atoms with Gasteiger partial charge in [-0.05, 0) is 43.3 Å². The fraction of sp³-hybridized carbons (Fsp3) is 0.207. The van der Waals surface area contributed by atoms with Crippen LogP contribution in [0.1, 0.15) is 8.29 Å². The van der Waals surface area contributed by atoms with Crippen molar-refractivity contribution in [1.82, 2.24) is 19.9 Å². The average molecular weight is 628 g/mol. The molecule has 0 atom stereocenters. The van der Waals surface area contributed by atoms with E-state index in [2.05, 4.69) is 19.7 Å². The number of methoxy groups -OCH3 is 1. The third-order valence-electron chi connectivity index (χ3n) is 6.81. The third-order valence-corrected chi connectivity index (χ3v) is 8.23. The Hall–Kier alpha value is -5.05. The first-order valence-electron chi connectivity index (χ1n) is 13.6. The van der Waals surface area contributed by atoms with E-state index in [9.17, 15) is 26.8 Å². The molecule has 15 heteroatoms. The number of piperazine rings is 1. The topological polar surface area (TPSA) is 135 Å². The van der Waals surface area contributed by atoms with E-state index in [1.807, 2.05) is 0 Å². The van der Waals surface area contributed by atoms with Crippen LogP contribution in [0.5, 0.6) is 5.88 Å². The molecule has 0 radical (unpaired) electrons. The van der Waals surface area contributed by atoms with Gasteiger partial charge < -0.3 is 14.5 Å². The fourth-order valence-electron chi connectivity index (χ4n) is 4.71. The van der Waals surface area contributed by atoms with Gasteiger partial charge in [-0.15, -0.1) is 0 Å². The molecule has 1 amide bonds. The molecule has 1 saturated heterocycles. The number of nitrogens with zero attached hydrogens (tertiary/aromatic N) is 5. The molecule has 5 rings (SSSR count). The van der Waals surface area contributed by atoms with Crippen molar-refractivity contribution in [2.45, 2.75) is 11.8 Å². The van der Waals surface area contributed by atoms with E-state index < -0.39 is 32.4 Å². The lowest BCUT2D eigenvalue weighted by atomic mass is 10.0. The first kappa shape index (κ1) is 29.0. The Bertz CT molecular complexity index is 1950. The number of halogens is 3. The molecule has 2 aromatic carbocycles. The first-order valence-corrected chi connectivity index (χ1v) is 14.6. The van der Waals surface area contributed by atoms with Crippen molar-refractivity contribution in [1.29, 1.82) is 0 Å². The number of anilines is 2. The molecule has 0 aliphatic carbocycles. The monoisotopic (exact) mass is 627 g/mol. The fourth-order valence-corrected chi connectivity index (χ4v) is 5.90. The Kier molecular flexibility index (Phi) is 8.11. The van der Waals surface area contributed by atoms with Gasteiger partial charge in [0, 0.05) is 49.6 Å². The van der Waals surface area contributed by atoms with Crippen molar-refractivity contribution < 1.29 is 37.3 Å². The minimum Gasteiger partial charge on any atom is -0.480 e. The zero-order valence-electron chi connectivity index (χ0n) is 24.3. The molecule has 2 aromatic heterocycles. The van der Waals surface area contributed by atoms with Crippen molar-refractivity contribution >= 4 is 44.1 Å². The zero-order chi connectivity index (χ0) is 32.5. The molecule has 0 spiro atoms. The summed E-state index contributed by atoms with van der Waals surface area (Å²) in [5.74, 6) is -4.16. The predicted molar refractivity (Wildman–Crippen MR) is 155 cm³/mol. The molecule has 1 aliphatic rings. The zero-order valence-corrected chi connectivity index (χ0v) is 24.2. The number of carbonyl (C=O) groups is 2. The van der Waals surface area contributed by atoms with E-state index in [1.165, 1.54) is 55.5 Å². The number of nitrogens with one attached hydrogen (secondary N) is 1. The number of sulfonamides is 1. The number of benzene rings is 2. The van der Waals surface area contributed by atoms with Crippen LogP contribution in [-0.4, -0.2) is 73.2 Å². The van der Waals surface area contributed by atoms with Crippen molar-refractivity contribution in [3.05, 3.63) is 78.5 Å². The van der Waals surface area contributed by atoms with Crippen LogP contribution in [0, 0.1) is 17.5 Å². The van der Waals surface area contributed by atoms with Crippen molar-refractivity contribution in [2.24, 2.45) is 0 Å². The number of pyridine rings is 1. The minimum absolute atomic E-state index is 0.0221. The van der Waals surface area contributed by atoms with Gasteiger partial charge in [-0.25, -0.2) is 36.5 Å². The van der Waals surface area contributed by atoms with Gasteiger partial charge in [0.05, 0.1) is 18.0 Å². The van der Waals surface area contributed by atoms with Crippen LogP contribution in [0.15, 0.2) is 65.9 Å². The summed E-state index contributed by atoms with van der Waals surface area (Å²) in [6, 6.07) is 6.63. The predicted octanol–water partition coefficient (Wildman–Crippen LogP) is 3.71. The smallest absolute Gasteiger partial charge is 0.267 e. The number of amides is 1. The van der Waals surface area contributed by atoms with E-state index in [4.69, 9.17) is 6.11 Å². The number of ether oxygens (including phenoxy) is 1. The number of hydrogen-bond acceptors (Lipinski definition) is 9. The number of hydrogen-bond donors (Lipinski definition) is 1. The van der Waals surface area contributed by atoms with Crippen LogP contribution in [0.3, 0.4) is 0 Å². The minimum atomic E-state index is -4.81. The highest BCUT2D eigenvalue weighted by Gasteiger charge is 2.27. The van der Waals surface area contributed by atoms with Gasteiger partial charge in [-0.1, -0.05) is 6.07 Å². The number of aromatic nitrogens is 3. The van der Waals surface area contributed by atoms with E-state index in [0.29, 0.717) is 0 Å². The summed E-state index contributed by atoms with van der Waals surface area (Å²) in [6.45, 7) is 2.32. The Morgan fingerprint density at radius 3 is 2.39 bits per heavy atom. The number of allylic oxidation sites excluding steroid dienone is 1. The van der Waals surface area contributed by atoms with Crippen molar-refractivity contribution in [2.75, 3.05) is 42.9 Å². The summed E-state index contributed by atoms with van der Waals surface area (Å²) in [7, 11) is -3.60. The van der Waals surface area contributed by atoms with E-state index in [0.717, 1.165) is 18.2 Å². The van der Waals surface area contributed by atoms with Gasteiger partial charge in [0.25, 0.3) is 10.0 Å². The lowest BCUT2D eigenvalue weighted by Crippen LogP contribution is -2.48. The molecule has 0 saturated carbocycles. The van der Waals surface area contributed by atoms with Crippen LogP contribution in [0.2, 0.25) is 0 Å². The largest absolute Gasteiger partial charge is 0.480 e. The lowest BCUT2D eigenvalue weighted by molar-refractivity contribution is -0.126. The lowest BCUT2D eigenvalue weighted by Gasteiger charge is -2.35. The molecule has 3 heterocycles. The molecule has 44 heavy (non-hydrogen) atoms. The second-order valence-corrected chi connectivity index (χ2v) is 11.3. The molecule has 4 aromatic rings. The Labute approximate surface area is 251 Å². The molecule has 1 N–H and O–H groups in total. The van der Waals surface area contributed by atoms with Crippen molar-refractivity contribution in [3.63, 3.8) is 0 Å². The Morgan fingerprint density at radius 1 is 1.02 bits per heavy atom. The Balaban J connectivity index is 1.51. The second kappa shape index (κ2) is 12.3. The third kappa shape index (κ3) is 6.04. The second-order valence-electron chi connectivity index (χ2n) is 9.66. The van der Waals surface area contributed by atoms with E-state index >= 15 is 4.39 Å². The summed E-state index contributed by atoms with van der Waals surface area (Å²) >= 11 is 0. The van der Waals surface area contributed by atoms with Crippen molar-refractivity contribution in [3.8, 4) is 17.0 Å². The number of ketones is 1. The van der Waals surface area contributed by atoms with Crippen LogP contribution in [0.25, 0.3) is 22.0 Å². The van der Waals surface area contributed by atoms with Gasteiger partial charge in [-0.2, -0.15) is 0 Å². The standard InChI is InChI=1S/C29H25F3N6O5S/c1-17(39)6-9-24(40)37-10-12-38(13-11-37)28-25-22(34-16-35-28)8-7-19(26(25)32)18-14-23(29(43-2)33-15-18)36-44(41,42)27-20(30)4-3-5-21(27)31/h3-9,14-16,36H,10-13H2,1-2H3/b9-6+/i16D. The van der Waals surface area contributed by atoms with E-state index in [1.54, 1.807) is 4.90 Å². The summed E-state index contributed by atoms with van der Waals surface area (Å²) < 4.78 is 86.1. The summed E-state index contributed by atoms with van der Waals surface area (Å²) in [6.07, 6.45) is 3.24. The van der Waals surface area contributed by atoms with E-state index in [-0.39, 0.29) is 83.6 Å². The molecular formula is C29H25F3N6O5S. The molecular weight excluding hydrogens is 601 g/mol. The summed E-state index contributed by atoms with van der Waals surface area (Å²) in [5, 5.41) is -0.0221. The normalized spacial score (nSPS) is 14.2. The maximum atomic E-state index is 16.3. The number of fused-ring (bicyclic) bond motifs is 1.